The van der Waals surface area contributed by atoms with Crippen molar-refractivity contribution in [3.8, 4) is 0 Å². The monoisotopic (exact) mass is 1080 g/mol. The second-order valence-corrected chi connectivity index (χ2v) is 22.8. The number of aliphatic hydroxyl groups excluding tert-OH is 7. The number of hydrogen-bond acceptors (Lipinski definition) is 10. The summed E-state index contributed by atoms with van der Waals surface area (Å²) in [5.74, 6) is -0.708. The molecule has 11 heteroatoms. The molecule has 448 valence electrons. The summed E-state index contributed by atoms with van der Waals surface area (Å²) in [5.41, 5.74) is 0. The van der Waals surface area contributed by atoms with Crippen molar-refractivity contribution in [2.45, 2.75) is 358 Å². The van der Waals surface area contributed by atoms with Crippen LogP contribution in [-0.4, -0.2) is 110 Å². The summed E-state index contributed by atoms with van der Waals surface area (Å²) in [6.07, 6.45) is 56.5. The van der Waals surface area contributed by atoms with Gasteiger partial charge in [-0.1, -0.05) is 275 Å². The molecule has 0 spiro atoms. The Morgan fingerprint density at radius 1 is 0.447 bits per heavy atom. The molecule has 1 amide bonds. The van der Waals surface area contributed by atoms with Crippen LogP contribution < -0.4 is 5.32 Å². The number of carbonyl (C=O) groups is 1. The highest BCUT2D eigenvalue weighted by Crippen LogP contribution is 2.24. The molecule has 9 unspecified atom stereocenters. The molecule has 0 aromatic carbocycles. The highest BCUT2D eigenvalue weighted by molar-refractivity contribution is 5.80. The predicted octanol–water partition coefficient (Wildman–Crippen LogP) is 14.6. The predicted molar refractivity (Wildman–Crippen MR) is 316 cm³/mol. The van der Waals surface area contributed by atoms with Crippen LogP contribution in [0.1, 0.15) is 303 Å². The Kier molecular flexibility index (Phi) is 51.3. The first-order valence-electron chi connectivity index (χ1n) is 32.4. The van der Waals surface area contributed by atoms with Crippen LogP contribution in [-0.2, 0) is 14.3 Å². The standard InChI is InChI=1S/C65H123NO10/c1-3-5-7-9-11-13-15-17-19-21-23-24-25-26-27-28-29-30-31-32-33-34-35-37-38-40-42-44-46-48-50-52-57(68)60(70)56(55-75-65-63(73)62(72)61(71)59(54-67)76-65)66-64(74)58(69)53-51-49-47-45-43-41-39-36-22-20-18-16-14-12-10-8-6-4-2/h32-33,37-38,44,46,56-63,65,67-73H,3-31,34-36,39-43,45,47-55H2,1-2H3,(H,66,74)/b33-32+,38-37+,46-44+. The minimum absolute atomic E-state index is 0.243. The summed E-state index contributed by atoms with van der Waals surface area (Å²) >= 11 is 0. The summed E-state index contributed by atoms with van der Waals surface area (Å²) in [5, 5.41) is 76.2. The number of allylic oxidation sites excluding steroid dienone is 6. The molecule has 1 aliphatic rings. The Morgan fingerprint density at radius 2 is 0.789 bits per heavy atom. The molecular weight excluding hydrogens is 955 g/mol. The smallest absolute Gasteiger partial charge is 0.249 e. The van der Waals surface area contributed by atoms with E-state index in [1.807, 2.05) is 0 Å². The van der Waals surface area contributed by atoms with E-state index in [-0.39, 0.29) is 12.8 Å². The molecule has 0 aromatic rings. The van der Waals surface area contributed by atoms with Gasteiger partial charge in [0.1, 0.15) is 36.6 Å². The molecular formula is C65H123NO10. The average Bonchev–Trinajstić information content (AvgIpc) is 3.42. The van der Waals surface area contributed by atoms with Crippen LogP contribution in [0.4, 0.5) is 0 Å². The van der Waals surface area contributed by atoms with Gasteiger partial charge in [0, 0.05) is 0 Å². The molecule has 9 atom stereocenters. The molecule has 11 nitrogen and oxygen atoms in total. The maximum atomic E-state index is 13.2. The molecule has 76 heavy (non-hydrogen) atoms. The maximum Gasteiger partial charge on any atom is 0.249 e. The van der Waals surface area contributed by atoms with Crippen LogP contribution in [0.3, 0.4) is 0 Å². The van der Waals surface area contributed by atoms with Gasteiger partial charge in [0.15, 0.2) is 6.29 Å². The number of aliphatic hydroxyl groups is 7. The van der Waals surface area contributed by atoms with Gasteiger partial charge in [-0.05, 0) is 64.2 Å². The Hall–Kier alpha value is -1.67. The van der Waals surface area contributed by atoms with E-state index in [9.17, 15) is 40.5 Å². The van der Waals surface area contributed by atoms with E-state index in [1.54, 1.807) is 0 Å². The van der Waals surface area contributed by atoms with Crippen molar-refractivity contribution in [3.63, 3.8) is 0 Å². The Morgan fingerprint density at radius 3 is 1.17 bits per heavy atom. The van der Waals surface area contributed by atoms with Crippen LogP contribution in [0.5, 0.6) is 0 Å². The van der Waals surface area contributed by atoms with Gasteiger partial charge < -0.3 is 50.5 Å². The van der Waals surface area contributed by atoms with E-state index in [0.29, 0.717) is 19.3 Å². The third-order valence-electron chi connectivity index (χ3n) is 15.7. The number of nitrogens with one attached hydrogen (secondary N) is 1. The van der Waals surface area contributed by atoms with Crippen LogP contribution in [0.15, 0.2) is 36.5 Å². The summed E-state index contributed by atoms with van der Waals surface area (Å²) in [6, 6.07) is -1.19. The molecule has 1 aliphatic heterocycles. The first-order chi connectivity index (χ1) is 37.2. The zero-order valence-corrected chi connectivity index (χ0v) is 49.2. The quantitative estimate of drug-likeness (QED) is 0.0215. The minimum atomic E-state index is -1.67. The van der Waals surface area contributed by atoms with Gasteiger partial charge in [0.2, 0.25) is 5.91 Å². The van der Waals surface area contributed by atoms with E-state index < -0.39 is 74.2 Å². The third-order valence-corrected chi connectivity index (χ3v) is 15.7. The first kappa shape index (κ1) is 72.3. The fourth-order valence-electron chi connectivity index (χ4n) is 10.4. The van der Waals surface area contributed by atoms with Crippen LogP contribution >= 0.6 is 0 Å². The molecule has 0 bridgehead atoms. The molecule has 8 N–H and O–H groups in total. The van der Waals surface area contributed by atoms with Crippen molar-refractivity contribution in [3.05, 3.63) is 36.5 Å². The van der Waals surface area contributed by atoms with Crippen LogP contribution in [0, 0.1) is 0 Å². The lowest BCUT2D eigenvalue weighted by Gasteiger charge is -2.40. The largest absolute Gasteiger partial charge is 0.394 e. The molecule has 0 radical (unpaired) electrons. The van der Waals surface area contributed by atoms with Crippen molar-refractivity contribution < 1.29 is 50.0 Å². The lowest BCUT2D eigenvalue weighted by Crippen LogP contribution is -2.60. The van der Waals surface area contributed by atoms with Gasteiger partial charge in [0.05, 0.1) is 25.4 Å². The zero-order chi connectivity index (χ0) is 55.4. The molecule has 0 saturated carbocycles. The molecule has 1 heterocycles. The number of rotatable bonds is 56. The van der Waals surface area contributed by atoms with Crippen LogP contribution in [0.25, 0.3) is 0 Å². The number of unbranched alkanes of at least 4 members (excludes halogenated alkanes) is 38. The number of hydrogen-bond donors (Lipinski definition) is 8. The average molecular weight is 1080 g/mol. The highest BCUT2D eigenvalue weighted by Gasteiger charge is 2.44. The summed E-state index contributed by atoms with van der Waals surface area (Å²) < 4.78 is 11.1. The van der Waals surface area contributed by atoms with Crippen molar-refractivity contribution in [1.29, 1.82) is 0 Å². The molecule has 0 aliphatic carbocycles. The second-order valence-electron chi connectivity index (χ2n) is 22.8. The van der Waals surface area contributed by atoms with Crippen molar-refractivity contribution in [2.75, 3.05) is 13.2 Å². The van der Waals surface area contributed by atoms with E-state index in [1.165, 1.54) is 212 Å². The molecule has 1 fully saturated rings. The maximum absolute atomic E-state index is 13.2. The minimum Gasteiger partial charge on any atom is -0.394 e. The summed E-state index contributed by atoms with van der Waals surface area (Å²) in [4.78, 5) is 13.2. The first-order valence-corrected chi connectivity index (χ1v) is 32.4. The van der Waals surface area contributed by atoms with Crippen molar-refractivity contribution in [1.82, 2.24) is 5.32 Å². The Bertz CT molecular complexity index is 1330. The zero-order valence-electron chi connectivity index (χ0n) is 49.2. The fraction of sp³-hybridized carbons (Fsp3) is 0.892. The van der Waals surface area contributed by atoms with Gasteiger partial charge in [-0.2, -0.15) is 0 Å². The normalized spacial score (nSPS) is 19.8. The SMILES string of the molecule is CCCCCCCCCCCCCCCCCCCC/C=C/CC/C=C/CC/C=C/CCCC(O)C(O)C(COC1OC(CO)C(O)C(O)C1O)NC(=O)C(O)CCCCCCCCCCCCCCCCCCCC. The number of ether oxygens (including phenoxy) is 2. The lowest BCUT2D eigenvalue weighted by molar-refractivity contribution is -0.303. The van der Waals surface area contributed by atoms with E-state index in [2.05, 4.69) is 55.6 Å². The molecule has 0 aromatic heterocycles. The van der Waals surface area contributed by atoms with Gasteiger partial charge in [-0.15, -0.1) is 0 Å². The van der Waals surface area contributed by atoms with Gasteiger partial charge in [-0.25, -0.2) is 0 Å². The number of amides is 1. The van der Waals surface area contributed by atoms with E-state index in [4.69, 9.17) is 9.47 Å². The lowest BCUT2D eigenvalue weighted by atomic mass is 9.98. The Balaban J connectivity index is 2.27. The van der Waals surface area contributed by atoms with Crippen molar-refractivity contribution in [2.24, 2.45) is 0 Å². The van der Waals surface area contributed by atoms with E-state index in [0.717, 1.165) is 44.9 Å². The Labute approximate surface area is 467 Å². The summed E-state index contributed by atoms with van der Waals surface area (Å²) in [7, 11) is 0. The molecule has 1 saturated heterocycles. The highest BCUT2D eigenvalue weighted by atomic mass is 16.7. The van der Waals surface area contributed by atoms with Gasteiger partial charge in [-0.3, -0.25) is 4.79 Å². The summed E-state index contributed by atoms with van der Waals surface area (Å²) in [6.45, 7) is 3.47. The third kappa shape index (κ3) is 41.4. The van der Waals surface area contributed by atoms with Gasteiger partial charge in [0.25, 0.3) is 0 Å². The number of carbonyl (C=O) groups excluding carboxylic acids is 1. The van der Waals surface area contributed by atoms with Crippen molar-refractivity contribution >= 4 is 5.91 Å². The van der Waals surface area contributed by atoms with E-state index >= 15 is 0 Å². The van der Waals surface area contributed by atoms with Gasteiger partial charge >= 0.3 is 0 Å². The second kappa shape index (κ2) is 53.9. The van der Waals surface area contributed by atoms with Crippen LogP contribution in [0.2, 0.25) is 0 Å². The fourth-order valence-corrected chi connectivity index (χ4v) is 10.4. The molecule has 1 rings (SSSR count). The topological polar surface area (TPSA) is 189 Å².